The van der Waals surface area contributed by atoms with E-state index in [4.69, 9.17) is 0 Å². The Hall–Kier alpha value is -1.64. The molecule has 1 N–H and O–H groups in total. The van der Waals surface area contributed by atoms with Gasteiger partial charge in [0, 0.05) is 12.3 Å². The van der Waals surface area contributed by atoms with Gasteiger partial charge in [0.25, 0.3) is 0 Å². The zero-order valence-corrected chi connectivity index (χ0v) is 11.6. The van der Waals surface area contributed by atoms with Crippen LogP contribution in [-0.4, -0.2) is 11.8 Å². The maximum absolute atomic E-state index is 12.1. The van der Waals surface area contributed by atoms with Crippen LogP contribution in [0.25, 0.3) is 0 Å². The molecule has 0 radical (unpaired) electrons. The predicted octanol–water partition coefficient (Wildman–Crippen LogP) is 2.70. The van der Waals surface area contributed by atoms with Crippen LogP contribution in [0.5, 0.6) is 0 Å². The summed E-state index contributed by atoms with van der Waals surface area (Å²) in [5.74, 6) is -0.317. The van der Waals surface area contributed by atoms with E-state index < -0.39 is 0 Å². The Morgan fingerprint density at radius 3 is 2.58 bits per heavy atom. The van der Waals surface area contributed by atoms with Crippen molar-refractivity contribution in [1.29, 1.82) is 0 Å². The van der Waals surface area contributed by atoms with Crippen LogP contribution in [0, 0.1) is 11.3 Å². The molecule has 0 bridgehead atoms. The molecule has 19 heavy (non-hydrogen) atoms. The average molecular weight is 259 g/mol. The SMILES string of the molecule is CCCC1C(=O)NC(=O)CC1(C)Cc1ccccc1. The van der Waals surface area contributed by atoms with E-state index in [0.29, 0.717) is 6.42 Å². The van der Waals surface area contributed by atoms with Crippen molar-refractivity contribution in [1.82, 2.24) is 5.32 Å². The van der Waals surface area contributed by atoms with Gasteiger partial charge in [-0.3, -0.25) is 14.9 Å². The van der Waals surface area contributed by atoms with Gasteiger partial charge < -0.3 is 0 Å². The Kier molecular flexibility index (Phi) is 4.03. The van der Waals surface area contributed by atoms with Crippen molar-refractivity contribution in [2.75, 3.05) is 0 Å². The fourth-order valence-electron chi connectivity index (χ4n) is 3.09. The number of carbonyl (C=O) groups excluding carboxylic acids is 2. The first-order valence-corrected chi connectivity index (χ1v) is 6.93. The van der Waals surface area contributed by atoms with E-state index in [9.17, 15) is 9.59 Å². The highest BCUT2D eigenvalue weighted by molar-refractivity contribution is 5.99. The molecule has 2 unspecified atom stereocenters. The van der Waals surface area contributed by atoms with Gasteiger partial charge in [-0.25, -0.2) is 0 Å². The van der Waals surface area contributed by atoms with Crippen LogP contribution >= 0.6 is 0 Å². The molecule has 0 spiro atoms. The highest BCUT2D eigenvalue weighted by Gasteiger charge is 2.44. The number of piperidine rings is 1. The summed E-state index contributed by atoms with van der Waals surface area (Å²) in [5.41, 5.74) is 0.921. The quantitative estimate of drug-likeness (QED) is 0.845. The molecular weight excluding hydrogens is 238 g/mol. The van der Waals surface area contributed by atoms with E-state index in [1.165, 1.54) is 5.56 Å². The van der Waals surface area contributed by atoms with Gasteiger partial charge in [-0.05, 0) is 23.8 Å². The standard InChI is InChI=1S/C16H21NO2/c1-3-7-13-15(19)17-14(18)11-16(13,2)10-12-8-5-4-6-9-12/h4-6,8-9,13H,3,7,10-11H2,1-2H3,(H,17,18,19). The van der Waals surface area contributed by atoms with E-state index >= 15 is 0 Å². The summed E-state index contributed by atoms with van der Waals surface area (Å²) in [6.07, 6.45) is 3.00. The minimum atomic E-state index is -0.267. The molecule has 1 aromatic carbocycles. The number of benzene rings is 1. The Bertz CT molecular complexity index is 469. The Labute approximate surface area is 114 Å². The molecular formula is C16H21NO2. The summed E-state index contributed by atoms with van der Waals surface area (Å²) in [5, 5.41) is 2.48. The zero-order chi connectivity index (χ0) is 13.9. The molecule has 0 saturated carbocycles. The second-order valence-corrected chi connectivity index (χ2v) is 5.75. The largest absolute Gasteiger partial charge is 0.296 e. The van der Waals surface area contributed by atoms with E-state index in [-0.39, 0.29) is 23.1 Å². The van der Waals surface area contributed by atoms with Crippen molar-refractivity contribution in [3.05, 3.63) is 35.9 Å². The highest BCUT2D eigenvalue weighted by Crippen LogP contribution is 2.40. The number of nitrogens with one attached hydrogen (secondary N) is 1. The van der Waals surface area contributed by atoms with Crippen LogP contribution in [0.15, 0.2) is 30.3 Å². The predicted molar refractivity (Wildman–Crippen MR) is 74.4 cm³/mol. The van der Waals surface area contributed by atoms with Gasteiger partial charge in [0.1, 0.15) is 0 Å². The van der Waals surface area contributed by atoms with Crippen LogP contribution in [0.2, 0.25) is 0 Å². The monoisotopic (exact) mass is 259 g/mol. The lowest BCUT2D eigenvalue weighted by atomic mass is 9.66. The fraction of sp³-hybridized carbons (Fsp3) is 0.500. The van der Waals surface area contributed by atoms with Gasteiger partial charge >= 0.3 is 0 Å². The van der Waals surface area contributed by atoms with Gasteiger partial charge in [0.2, 0.25) is 11.8 Å². The zero-order valence-electron chi connectivity index (χ0n) is 11.6. The van der Waals surface area contributed by atoms with Gasteiger partial charge in [0.15, 0.2) is 0 Å². The highest BCUT2D eigenvalue weighted by atomic mass is 16.2. The minimum absolute atomic E-state index is 0.0737. The van der Waals surface area contributed by atoms with Crippen molar-refractivity contribution < 1.29 is 9.59 Å². The lowest BCUT2D eigenvalue weighted by Crippen LogP contribution is -2.51. The number of hydrogen-bond donors (Lipinski definition) is 1. The summed E-state index contributed by atoms with van der Waals surface area (Å²) in [4.78, 5) is 23.8. The van der Waals surface area contributed by atoms with Crippen molar-refractivity contribution in [2.45, 2.75) is 39.5 Å². The summed E-state index contributed by atoms with van der Waals surface area (Å²) in [7, 11) is 0. The molecule has 2 amide bonds. The molecule has 1 saturated heterocycles. The second kappa shape index (κ2) is 5.55. The molecule has 3 nitrogen and oxygen atoms in total. The van der Waals surface area contributed by atoms with Crippen molar-refractivity contribution in [2.24, 2.45) is 11.3 Å². The molecule has 102 valence electrons. The Balaban J connectivity index is 2.25. The summed E-state index contributed by atoms with van der Waals surface area (Å²) in [6.45, 7) is 4.14. The first-order chi connectivity index (χ1) is 9.05. The topological polar surface area (TPSA) is 46.2 Å². The van der Waals surface area contributed by atoms with E-state index in [1.54, 1.807) is 0 Å². The number of hydrogen-bond acceptors (Lipinski definition) is 2. The number of amides is 2. The smallest absolute Gasteiger partial charge is 0.230 e. The van der Waals surface area contributed by atoms with Crippen LogP contribution in [0.3, 0.4) is 0 Å². The number of rotatable bonds is 4. The number of carbonyl (C=O) groups is 2. The summed E-state index contributed by atoms with van der Waals surface area (Å²) >= 11 is 0. The van der Waals surface area contributed by atoms with Crippen molar-refractivity contribution in [3.8, 4) is 0 Å². The van der Waals surface area contributed by atoms with Crippen LogP contribution < -0.4 is 5.32 Å². The van der Waals surface area contributed by atoms with Crippen molar-refractivity contribution >= 4 is 11.8 Å². The minimum Gasteiger partial charge on any atom is -0.296 e. The van der Waals surface area contributed by atoms with Gasteiger partial charge in [0.05, 0.1) is 0 Å². The second-order valence-electron chi connectivity index (χ2n) is 5.75. The van der Waals surface area contributed by atoms with Gasteiger partial charge in [-0.1, -0.05) is 50.6 Å². The lowest BCUT2D eigenvalue weighted by Gasteiger charge is -2.40. The maximum atomic E-state index is 12.1. The first-order valence-electron chi connectivity index (χ1n) is 6.93. The van der Waals surface area contributed by atoms with Gasteiger partial charge in [-0.2, -0.15) is 0 Å². The molecule has 3 heteroatoms. The molecule has 1 heterocycles. The molecule has 1 fully saturated rings. The molecule has 2 rings (SSSR count). The third-order valence-electron chi connectivity index (χ3n) is 4.01. The molecule has 2 atom stereocenters. The number of imide groups is 1. The normalized spacial score (nSPS) is 27.2. The molecule has 1 aromatic rings. The molecule has 1 aliphatic rings. The summed E-state index contributed by atoms with van der Waals surface area (Å²) in [6, 6.07) is 10.1. The third kappa shape index (κ3) is 3.03. The Morgan fingerprint density at radius 2 is 1.95 bits per heavy atom. The molecule has 1 aliphatic heterocycles. The van der Waals surface area contributed by atoms with Gasteiger partial charge in [-0.15, -0.1) is 0 Å². The fourth-order valence-corrected chi connectivity index (χ4v) is 3.09. The van der Waals surface area contributed by atoms with Crippen LogP contribution in [0.1, 0.15) is 38.7 Å². The molecule has 0 aliphatic carbocycles. The van der Waals surface area contributed by atoms with E-state index in [2.05, 4.69) is 31.3 Å². The molecule has 0 aromatic heterocycles. The Morgan fingerprint density at radius 1 is 1.26 bits per heavy atom. The first kappa shape index (κ1) is 13.8. The third-order valence-corrected chi connectivity index (χ3v) is 4.01. The van der Waals surface area contributed by atoms with E-state index in [0.717, 1.165) is 19.3 Å². The maximum Gasteiger partial charge on any atom is 0.230 e. The van der Waals surface area contributed by atoms with E-state index in [1.807, 2.05) is 18.2 Å². The average Bonchev–Trinajstić information content (AvgIpc) is 2.35. The van der Waals surface area contributed by atoms with Crippen molar-refractivity contribution in [3.63, 3.8) is 0 Å². The lowest BCUT2D eigenvalue weighted by molar-refractivity contribution is -0.143. The summed E-state index contributed by atoms with van der Waals surface area (Å²) < 4.78 is 0. The van der Waals surface area contributed by atoms with Crippen LogP contribution in [-0.2, 0) is 16.0 Å². The van der Waals surface area contributed by atoms with Crippen LogP contribution in [0.4, 0.5) is 0 Å².